The molecule has 1 aliphatic rings. The second-order valence-corrected chi connectivity index (χ2v) is 6.65. The number of hydrogen-bond acceptors (Lipinski definition) is 4. The summed E-state index contributed by atoms with van der Waals surface area (Å²) < 4.78 is 32.2. The van der Waals surface area contributed by atoms with Gasteiger partial charge >= 0.3 is 0 Å². The van der Waals surface area contributed by atoms with Crippen LogP contribution >= 0.6 is 11.6 Å². The molecule has 1 saturated heterocycles. The number of hydrogen-bond donors (Lipinski definition) is 1. The fourth-order valence-electron chi connectivity index (χ4n) is 2.19. The van der Waals surface area contributed by atoms with E-state index in [0.717, 1.165) is 0 Å². The first-order chi connectivity index (χ1) is 8.98. The van der Waals surface area contributed by atoms with Crippen molar-refractivity contribution < 1.29 is 13.2 Å². The van der Waals surface area contributed by atoms with E-state index in [2.05, 4.69) is 0 Å². The van der Waals surface area contributed by atoms with Crippen LogP contribution < -0.4 is 5.73 Å². The van der Waals surface area contributed by atoms with Gasteiger partial charge in [0.1, 0.15) is 4.90 Å². The van der Waals surface area contributed by atoms with Gasteiger partial charge in [0, 0.05) is 12.6 Å². The van der Waals surface area contributed by atoms with Gasteiger partial charge in [-0.05, 0) is 18.6 Å². The average Bonchev–Trinajstić information content (AvgIpc) is 2.38. The SMILES string of the molecule is CCC1COCCN1S(=O)(=O)c1c(N)cccc1Cl. The summed E-state index contributed by atoms with van der Waals surface area (Å²) in [5.74, 6) is 0. The lowest BCUT2D eigenvalue weighted by Crippen LogP contribution is -2.48. The minimum Gasteiger partial charge on any atom is -0.398 e. The largest absolute Gasteiger partial charge is 0.398 e. The van der Waals surface area contributed by atoms with Crippen LogP contribution in [0.1, 0.15) is 13.3 Å². The summed E-state index contributed by atoms with van der Waals surface area (Å²) in [4.78, 5) is -0.00276. The predicted molar refractivity (Wildman–Crippen MR) is 74.7 cm³/mol. The number of benzene rings is 1. The molecule has 19 heavy (non-hydrogen) atoms. The van der Waals surface area contributed by atoms with E-state index >= 15 is 0 Å². The van der Waals surface area contributed by atoms with Crippen LogP contribution in [-0.4, -0.2) is 38.5 Å². The number of ether oxygens (including phenoxy) is 1. The van der Waals surface area contributed by atoms with Crippen LogP contribution in [0.25, 0.3) is 0 Å². The van der Waals surface area contributed by atoms with Crippen molar-refractivity contribution in [3.63, 3.8) is 0 Å². The van der Waals surface area contributed by atoms with Crippen LogP contribution in [0.3, 0.4) is 0 Å². The Bertz CT molecular complexity index is 542. The summed E-state index contributed by atoms with van der Waals surface area (Å²) >= 11 is 6.01. The molecule has 1 aromatic carbocycles. The highest BCUT2D eigenvalue weighted by atomic mass is 35.5. The molecule has 0 amide bonds. The Morgan fingerprint density at radius 1 is 1.53 bits per heavy atom. The molecule has 0 aliphatic carbocycles. The smallest absolute Gasteiger partial charge is 0.247 e. The molecule has 0 saturated carbocycles. The van der Waals surface area contributed by atoms with E-state index in [4.69, 9.17) is 22.1 Å². The normalized spacial score (nSPS) is 21.5. The number of nitrogens with two attached hydrogens (primary N) is 1. The first-order valence-corrected chi connectivity index (χ1v) is 7.94. The molecular weight excluding hydrogens is 288 g/mol. The van der Waals surface area contributed by atoms with Crippen LogP contribution in [0, 0.1) is 0 Å². The lowest BCUT2D eigenvalue weighted by molar-refractivity contribution is 0.0314. The molecule has 1 aliphatic heterocycles. The van der Waals surface area contributed by atoms with Crippen molar-refractivity contribution in [2.45, 2.75) is 24.3 Å². The average molecular weight is 305 g/mol. The lowest BCUT2D eigenvalue weighted by Gasteiger charge is -2.34. The Hall–Kier alpha value is -0.820. The zero-order valence-electron chi connectivity index (χ0n) is 10.7. The third-order valence-electron chi connectivity index (χ3n) is 3.21. The molecule has 106 valence electrons. The molecule has 5 nitrogen and oxygen atoms in total. The van der Waals surface area contributed by atoms with Crippen molar-refractivity contribution in [3.05, 3.63) is 23.2 Å². The maximum Gasteiger partial charge on any atom is 0.247 e. The highest BCUT2D eigenvalue weighted by Gasteiger charge is 2.35. The Morgan fingerprint density at radius 3 is 2.89 bits per heavy atom. The highest BCUT2D eigenvalue weighted by molar-refractivity contribution is 7.89. The molecule has 0 radical (unpaired) electrons. The van der Waals surface area contributed by atoms with Gasteiger partial charge in [-0.1, -0.05) is 24.6 Å². The second kappa shape index (κ2) is 5.66. The molecule has 1 aromatic rings. The van der Waals surface area contributed by atoms with E-state index in [0.29, 0.717) is 26.2 Å². The van der Waals surface area contributed by atoms with Gasteiger partial charge in [-0.2, -0.15) is 4.31 Å². The van der Waals surface area contributed by atoms with Gasteiger partial charge in [0.15, 0.2) is 0 Å². The van der Waals surface area contributed by atoms with Crippen molar-refractivity contribution >= 4 is 27.3 Å². The van der Waals surface area contributed by atoms with Crippen LogP contribution in [0.5, 0.6) is 0 Å². The minimum atomic E-state index is -3.69. The van der Waals surface area contributed by atoms with Crippen molar-refractivity contribution in [2.24, 2.45) is 0 Å². The zero-order chi connectivity index (χ0) is 14.0. The third kappa shape index (κ3) is 2.72. The van der Waals surface area contributed by atoms with Crippen molar-refractivity contribution in [2.75, 3.05) is 25.5 Å². The number of halogens is 1. The highest BCUT2D eigenvalue weighted by Crippen LogP contribution is 2.31. The first kappa shape index (κ1) is 14.6. The van der Waals surface area contributed by atoms with E-state index in [-0.39, 0.29) is 21.6 Å². The summed E-state index contributed by atoms with van der Waals surface area (Å²) in [6, 6.07) is 4.54. The molecule has 7 heteroatoms. The molecule has 1 fully saturated rings. The van der Waals surface area contributed by atoms with Crippen LogP contribution in [0.2, 0.25) is 5.02 Å². The maximum absolute atomic E-state index is 12.7. The van der Waals surface area contributed by atoms with Gasteiger partial charge in [0.25, 0.3) is 0 Å². The van der Waals surface area contributed by atoms with E-state index in [1.807, 2.05) is 6.92 Å². The lowest BCUT2D eigenvalue weighted by atomic mass is 10.2. The first-order valence-electron chi connectivity index (χ1n) is 6.12. The summed E-state index contributed by atoms with van der Waals surface area (Å²) in [6.07, 6.45) is 0.684. The van der Waals surface area contributed by atoms with Gasteiger partial charge in [-0.25, -0.2) is 8.42 Å². The van der Waals surface area contributed by atoms with Gasteiger partial charge in [0.2, 0.25) is 10.0 Å². The summed E-state index contributed by atoms with van der Waals surface area (Å²) in [6.45, 7) is 3.05. The van der Waals surface area contributed by atoms with E-state index in [9.17, 15) is 8.42 Å². The third-order valence-corrected chi connectivity index (χ3v) is 5.71. The summed E-state index contributed by atoms with van der Waals surface area (Å²) in [7, 11) is -3.69. The molecule has 0 bridgehead atoms. The van der Waals surface area contributed by atoms with Crippen molar-refractivity contribution in [3.8, 4) is 0 Å². The standard InChI is InChI=1S/C12H17ClN2O3S/c1-2-9-8-18-7-6-15(9)19(16,17)12-10(13)4-3-5-11(12)14/h3-5,9H,2,6-8,14H2,1H3. The summed E-state index contributed by atoms with van der Waals surface area (Å²) in [5.41, 5.74) is 5.95. The fourth-order valence-corrected chi connectivity index (χ4v) is 4.50. The number of nitrogens with zero attached hydrogens (tertiary/aromatic N) is 1. The Balaban J connectivity index is 2.47. The molecular formula is C12H17ClN2O3S. The monoisotopic (exact) mass is 304 g/mol. The molecule has 2 N–H and O–H groups in total. The zero-order valence-corrected chi connectivity index (χ0v) is 12.2. The van der Waals surface area contributed by atoms with E-state index < -0.39 is 10.0 Å². The molecule has 0 aromatic heterocycles. The van der Waals surface area contributed by atoms with E-state index in [1.165, 1.54) is 10.4 Å². The van der Waals surface area contributed by atoms with E-state index in [1.54, 1.807) is 12.1 Å². The molecule has 1 unspecified atom stereocenters. The molecule has 1 heterocycles. The van der Waals surface area contributed by atoms with Crippen LogP contribution in [0.4, 0.5) is 5.69 Å². The molecule has 2 rings (SSSR count). The predicted octanol–water partition coefficient (Wildman–Crippen LogP) is 1.72. The number of anilines is 1. The van der Waals surface area contributed by atoms with Crippen molar-refractivity contribution in [1.82, 2.24) is 4.31 Å². The van der Waals surface area contributed by atoms with Gasteiger partial charge in [-0.15, -0.1) is 0 Å². The van der Waals surface area contributed by atoms with Gasteiger partial charge < -0.3 is 10.5 Å². The Kier molecular flexibility index (Phi) is 4.35. The van der Waals surface area contributed by atoms with Gasteiger partial charge in [-0.3, -0.25) is 0 Å². The number of rotatable bonds is 3. The Labute approximate surface area is 118 Å². The Morgan fingerprint density at radius 2 is 2.26 bits per heavy atom. The maximum atomic E-state index is 12.7. The number of nitrogen functional groups attached to an aromatic ring is 1. The fraction of sp³-hybridized carbons (Fsp3) is 0.500. The van der Waals surface area contributed by atoms with Crippen LogP contribution in [0.15, 0.2) is 23.1 Å². The minimum absolute atomic E-state index is 0.00276. The van der Waals surface area contributed by atoms with Crippen LogP contribution in [-0.2, 0) is 14.8 Å². The summed E-state index contributed by atoms with van der Waals surface area (Å²) in [5, 5.41) is 0.154. The topological polar surface area (TPSA) is 72.6 Å². The second-order valence-electron chi connectivity index (χ2n) is 4.41. The molecule has 0 spiro atoms. The number of sulfonamides is 1. The molecule has 1 atom stereocenters. The van der Waals surface area contributed by atoms with Crippen molar-refractivity contribution in [1.29, 1.82) is 0 Å². The number of morpholine rings is 1. The van der Waals surface area contributed by atoms with Gasteiger partial charge in [0.05, 0.1) is 23.9 Å². The quantitative estimate of drug-likeness (QED) is 0.863.